The number of nitro benzene ring substituents is 1. The molecule has 0 saturated carbocycles. The van der Waals surface area contributed by atoms with E-state index in [9.17, 15) is 27.4 Å². The largest absolute Gasteiger partial charge is 0.673 e. The number of non-ortho nitro benzene ring substituents is 1. The third kappa shape index (κ3) is 14.4. The van der Waals surface area contributed by atoms with Crippen LogP contribution in [0.4, 0.5) is 23.0 Å². The zero-order valence-corrected chi connectivity index (χ0v) is 7.69. The zero-order chi connectivity index (χ0) is 13.2. The van der Waals surface area contributed by atoms with Gasteiger partial charge >= 0.3 is 7.25 Å². The van der Waals surface area contributed by atoms with Gasteiger partial charge in [-0.05, 0) is 0 Å². The predicted octanol–water partition coefficient (Wildman–Crippen LogP) is 1.17. The van der Waals surface area contributed by atoms with Crippen LogP contribution >= 0.6 is 0 Å². The molecule has 0 aliphatic heterocycles. The molecule has 1 rings (SSSR count). The minimum absolute atomic E-state index is 0.137. The zero-order valence-electron chi connectivity index (χ0n) is 7.69. The number of para-hydroxylation sites is 1. The number of hydrogen-bond acceptors (Lipinski definition) is 3. The highest BCUT2D eigenvalue weighted by Crippen LogP contribution is 2.07. The number of hydrogen-bond donors (Lipinski definition) is 1. The molecule has 0 heterocycles. The van der Waals surface area contributed by atoms with Crippen LogP contribution in [0.25, 0.3) is 0 Å². The Hall–Kier alpha value is -2.18. The number of halogens is 4. The van der Waals surface area contributed by atoms with E-state index in [1.807, 2.05) is 0 Å². The van der Waals surface area contributed by atoms with Gasteiger partial charge in [-0.1, -0.05) is 18.2 Å². The van der Waals surface area contributed by atoms with Gasteiger partial charge in [-0.3, -0.25) is 10.1 Å². The van der Waals surface area contributed by atoms with Crippen LogP contribution in [0.1, 0.15) is 0 Å². The van der Waals surface area contributed by atoms with E-state index in [-0.39, 0.29) is 5.69 Å². The molecule has 0 bridgehead atoms. The fraction of sp³-hybridized carbons (Fsp3) is 0. The van der Waals surface area contributed by atoms with Crippen molar-refractivity contribution in [2.75, 3.05) is 0 Å². The minimum atomic E-state index is -6.00. The minimum Gasteiger partial charge on any atom is -0.418 e. The molecular formula is C6H6BF4N3O2. The first-order valence-electron chi connectivity index (χ1n) is 3.60. The Balaban J connectivity index is 0. The molecule has 0 atom stereocenters. The molecule has 0 unspecified atom stereocenters. The molecule has 1 N–H and O–H groups in total. The van der Waals surface area contributed by atoms with E-state index in [2.05, 4.69) is 0 Å². The molecule has 0 aromatic heterocycles. The molecule has 0 fully saturated rings. The highest BCUT2D eigenvalue weighted by molar-refractivity contribution is 6.50. The van der Waals surface area contributed by atoms with Gasteiger partial charge in [0.15, 0.2) is 0 Å². The number of nitro groups is 1. The quantitative estimate of drug-likeness (QED) is 0.262. The number of benzene rings is 1. The number of nitrogens with zero attached hydrogens (tertiary/aromatic N) is 2. The maximum Gasteiger partial charge on any atom is 0.673 e. The maximum absolute atomic E-state index is 10.0. The molecule has 10 heteroatoms. The molecule has 0 amide bonds. The molecule has 5 nitrogen and oxygen atoms in total. The lowest BCUT2D eigenvalue weighted by Crippen LogP contribution is -2.11. The second-order valence-electron chi connectivity index (χ2n) is 2.09. The lowest BCUT2D eigenvalue weighted by atomic mass is 10.3. The summed E-state index contributed by atoms with van der Waals surface area (Å²) in [5, 5.41) is 21.0. The first-order chi connectivity index (χ1) is 7.30. The van der Waals surface area contributed by atoms with Crippen molar-refractivity contribution >= 4 is 12.9 Å². The van der Waals surface area contributed by atoms with Gasteiger partial charge in [-0.15, -0.1) is 0 Å². The third-order valence-electron chi connectivity index (χ3n) is 0.967. The number of nitrogens with one attached hydrogen (secondary N) is 1. The highest BCUT2D eigenvalue weighted by atomic mass is 19.5. The van der Waals surface area contributed by atoms with Gasteiger partial charge < -0.3 is 17.3 Å². The lowest BCUT2D eigenvalue weighted by Gasteiger charge is -1.94. The Bertz CT molecular complexity index is 324. The van der Waals surface area contributed by atoms with Crippen molar-refractivity contribution < 1.29 is 27.6 Å². The fourth-order valence-corrected chi connectivity index (χ4v) is 0.550. The van der Waals surface area contributed by atoms with Crippen LogP contribution < -0.4 is 5.39 Å². The average molecular weight is 239 g/mol. The Morgan fingerprint density at radius 2 is 1.44 bits per heavy atom. The van der Waals surface area contributed by atoms with Gasteiger partial charge in [0.1, 0.15) is 0 Å². The molecule has 0 saturated heterocycles. The highest BCUT2D eigenvalue weighted by Gasteiger charge is 2.20. The molecular weight excluding hydrogens is 233 g/mol. The van der Waals surface area contributed by atoms with E-state index in [0.29, 0.717) is 0 Å². The van der Waals surface area contributed by atoms with Gasteiger partial charge in [0.2, 0.25) is 5.39 Å². The van der Waals surface area contributed by atoms with Crippen LogP contribution in [0.15, 0.2) is 30.3 Å². The van der Waals surface area contributed by atoms with Crippen LogP contribution in [-0.4, -0.2) is 12.2 Å². The van der Waals surface area contributed by atoms with Gasteiger partial charge in [0.05, 0.1) is 10.3 Å². The smallest absolute Gasteiger partial charge is 0.418 e. The normalized spacial score (nSPS) is 8.88. The standard InChI is InChI=1S/C6H5NO2.BF4.N2/c8-7(9)6-4-2-1-3-5-6;2-1(3,4)5;1-2/h1-5H;;/q;-1;/p+1. The van der Waals surface area contributed by atoms with E-state index in [1.165, 1.54) is 12.1 Å². The summed E-state index contributed by atoms with van der Waals surface area (Å²) >= 11 is 0. The predicted molar refractivity (Wildman–Crippen MR) is 46.0 cm³/mol. The topological polar surface area (TPSA) is 90.7 Å². The Labute approximate surface area is 87.4 Å². The van der Waals surface area contributed by atoms with E-state index in [0.717, 1.165) is 0 Å². The van der Waals surface area contributed by atoms with Gasteiger partial charge in [0.25, 0.3) is 5.69 Å². The molecule has 88 valence electrons. The van der Waals surface area contributed by atoms with Gasteiger partial charge in [-0.2, -0.15) is 0 Å². The molecule has 0 spiro atoms. The van der Waals surface area contributed by atoms with Gasteiger partial charge in [-0.25, -0.2) is 0 Å². The van der Waals surface area contributed by atoms with Crippen molar-refractivity contribution in [3.8, 4) is 0 Å². The van der Waals surface area contributed by atoms with E-state index < -0.39 is 12.2 Å². The van der Waals surface area contributed by atoms with E-state index in [1.54, 1.807) is 18.2 Å². The van der Waals surface area contributed by atoms with Crippen LogP contribution in [-0.2, 0) is 0 Å². The first kappa shape index (κ1) is 16.3. The van der Waals surface area contributed by atoms with Crippen molar-refractivity contribution in [2.45, 2.75) is 0 Å². The molecule has 1 aromatic rings. The number of diazo groups is 1. The average Bonchev–Trinajstić information content (AvgIpc) is 2.20. The molecule has 0 aliphatic rings. The van der Waals surface area contributed by atoms with Crippen molar-refractivity contribution in [3.63, 3.8) is 0 Å². The fourth-order valence-electron chi connectivity index (χ4n) is 0.550. The summed E-state index contributed by atoms with van der Waals surface area (Å²) in [4.78, 5) is 9.59. The van der Waals surface area contributed by atoms with Crippen LogP contribution in [0.5, 0.6) is 0 Å². The maximum atomic E-state index is 10.0. The second kappa shape index (κ2) is 8.16. The summed E-state index contributed by atoms with van der Waals surface area (Å²) < 4.78 is 39.0. The van der Waals surface area contributed by atoms with E-state index >= 15 is 0 Å². The third-order valence-corrected chi connectivity index (χ3v) is 0.967. The van der Waals surface area contributed by atoms with Crippen molar-refractivity contribution in [1.29, 1.82) is 5.39 Å². The number of rotatable bonds is 1. The summed E-state index contributed by atoms with van der Waals surface area (Å²) in [6, 6.07) is 7.93. The molecule has 0 aliphatic carbocycles. The van der Waals surface area contributed by atoms with Crippen LogP contribution in [0.2, 0.25) is 0 Å². The Morgan fingerprint density at radius 1 is 1.12 bits per heavy atom. The SMILES string of the molecule is F[B-](F)(F)F.N#[NH+].O=[N+]([O-])c1ccccc1. The molecule has 1 aromatic carbocycles. The van der Waals surface area contributed by atoms with E-state index in [4.69, 9.17) is 10.8 Å². The van der Waals surface area contributed by atoms with Crippen molar-refractivity contribution in [3.05, 3.63) is 40.4 Å². The van der Waals surface area contributed by atoms with Crippen LogP contribution in [0.3, 0.4) is 0 Å². The summed E-state index contributed by atoms with van der Waals surface area (Å²) in [5.74, 6) is 0. The molecule has 16 heavy (non-hydrogen) atoms. The Kier molecular flexibility index (Phi) is 8.29. The molecule has 0 radical (unpaired) electrons. The Morgan fingerprint density at radius 3 is 1.62 bits per heavy atom. The lowest BCUT2D eigenvalue weighted by molar-refractivity contribution is -0.384. The summed E-state index contributed by atoms with van der Waals surface area (Å²) in [6.07, 6.45) is 0. The summed E-state index contributed by atoms with van der Waals surface area (Å²) in [7, 11) is -6.00. The monoisotopic (exact) mass is 239 g/mol. The summed E-state index contributed by atoms with van der Waals surface area (Å²) in [6.45, 7) is 0. The first-order valence-corrected chi connectivity index (χ1v) is 3.60. The van der Waals surface area contributed by atoms with Gasteiger partial charge in [0, 0.05) is 12.1 Å². The van der Waals surface area contributed by atoms with Crippen molar-refractivity contribution in [1.82, 2.24) is 0 Å². The second-order valence-corrected chi connectivity index (χ2v) is 2.09. The summed E-state index contributed by atoms with van der Waals surface area (Å²) in [5.41, 5.74) is 0.137. The van der Waals surface area contributed by atoms with Crippen molar-refractivity contribution in [2.24, 2.45) is 0 Å². The van der Waals surface area contributed by atoms with Crippen LogP contribution in [0, 0.1) is 15.5 Å².